The average molecular weight is 343 g/mol. The second-order valence-electron chi connectivity index (χ2n) is 6.18. The summed E-state index contributed by atoms with van der Waals surface area (Å²) < 4.78 is 10.6. The van der Waals surface area contributed by atoms with Crippen molar-refractivity contribution < 1.29 is 14.3 Å². The Labute approximate surface area is 143 Å². The van der Waals surface area contributed by atoms with E-state index in [4.69, 9.17) is 9.47 Å². The first kappa shape index (κ1) is 18.4. The second kappa shape index (κ2) is 8.78. The molecule has 132 valence electrons. The number of hydrogen-bond donors (Lipinski definition) is 1. The SMILES string of the molecule is CN=C(NCC1(SC)CCOCC1)N1CCC(C(=O)OC)CC1. The molecule has 0 unspecified atom stereocenters. The quantitative estimate of drug-likeness (QED) is 0.472. The van der Waals surface area contributed by atoms with E-state index in [1.807, 2.05) is 18.8 Å². The fourth-order valence-corrected chi connectivity index (χ4v) is 4.05. The number of carbonyl (C=O) groups excluding carboxylic acids is 1. The molecule has 2 heterocycles. The summed E-state index contributed by atoms with van der Waals surface area (Å²) in [6.45, 7) is 4.27. The van der Waals surface area contributed by atoms with Crippen molar-refractivity contribution in [2.24, 2.45) is 10.9 Å². The summed E-state index contributed by atoms with van der Waals surface area (Å²) in [6.07, 6.45) is 5.98. The van der Waals surface area contributed by atoms with Gasteiger partial charge in [0.2, 0.25) is 0 Å². The van der Waals surface area contributed by atoms with Crippen LogP contribution in [0.15, 0.2) is 4.99 Å². The lowest BCUT2D eigenvalue weighted by Crippen LogP contribution is -2.51. The minimum atomic E-state index is -0.0869. The Morgan fingerprint density at radius 3 is 2.57 bits per heavy atom. The molecular weight excluding hydrogens is 314 g/mol. The lowest BCUT2D eigenvalue weighted by Gasteiger charge is -2.38. The Hall–Kier alpha value is -0.950. The molecule has 0 bridgehead atoms. The van der Waals surface area contributed by atoms with Crippen molar-refractivity contribution >= 4 is 23.7 Å². The predicted octanol–water partition coefficient (Wildman–Crippen LogP) is 1.36. The molecule has 0 aromatic carbocycles. The fourth-order valence-electron chi connectivity index (χ4n) is 3.26. The summed E-state index contributed by atoms with van der Waals surface area (Å²) in [7, 11) is 3.29. The molecule has 2 aliphatic heterocycles. The Morgan fingerprint density at radius 2 is 2.04 bits per heavy atom. The number of thioether (sulfide) groups is 1. The summed E-state index contributed by atoms with van der Waals surface area (Å²) >= 11 is 1.92. The van der Waals surface area contributed by atoms with E-state index in [1.165, 1.54) is 7.11 Å². The average Bonchev–Trinajstić information content (AvgIpc) is 2.63. The first-order valence-corrected chi connectivity index (χ1v) is 9.53. The molecule has 2 aliphatic rings. The molecule has 23 heavy (non-hydrogen) atoms. The van der Waals surface area contributed by atoms with Gasteiger partial charge in [-0.15, -0.1) is 0 Å². The number of carbonyl (C=O) groups is 1. The number of likely N-dealkylation sites (tertiary alicyclic amines) is 1. The van der Waals surface area contributed by atoms with Gasteiger partial charge in [-0.2, -0.15) is 11.8 Å². The highest BCUT2D eigenvalue weighted by Crippen LogP contribution is 2.33. The van der Waals surface area contributed by atoms with Crippen molar-refractivity contribution in [1.82, 2.24) is 10.2 Å². The van der Waals surface area contributed by atoms with Crippen molar-refractivity contribution in [3.8, 4) is 0 Å². The molecule has 2 rings (SSSR count). The molecule has 0 atom stereocenters. The Balaban J connectivity index is 1.85. The van der Waals surface area contributed by atoms with Gasteiger partial charge in [-0.3, -0.25) is 9.79 Å². The van der Waals surface area contributed by atoms with E-state index in [1.54, 1.807) is 0 Å². The molecule has 0 aromatic rings. The van der Waals surface area contributed by atoms with E-state index in [0.29, 0.717) is 0 Å². The Bertz CT molecular complexity index is 417. The molecule has 0 saturated carbocycles. The van der Waals surface area contributed by atoms with Gasteiger partial charge in [-0.05, 0) is 31.9 Å². The largest absolute Gasteiger partial charge is 0.469 e. The van der Waals surface area contributed by atoms with Gasteiger partial charge in [0, 0.05) is 44.6 Å². The van der Waals surface area contributed by atoms with Crippen molar-refractivity contribution in [3.63, 3.8) is 0 Å². The lowest BCUT2D eigenvalue weighted by molar-refractivity contribution is -0.146. The normalized spacial score (nSPS) is 22.7. The number of nitrogens with zero attached hydrogens (tertiary/aromatic N) is 2. The summed E-state index contributed by atoms with van der Waals surface area (Å²) in [4.78, 5) is 18.3. The minimum absolute atomic E-state index is 0.0300. The van der Waals surface area contributed by atoms with Crippen LogP contribution < -0.4 is 5.32 Å². The zero-order chi connectivity index (χ0) is 16.7. The van der Waals surface area contributed by atoms with Gasteiger partial charge in [-0.1, -0.05) is 0 Å². The number of nitrogens with one attached hydrogen (secondary N) is 1. The molecule has 0 aromatic heterocycles. The summed E-state index contributed by atoms with van der Waals surface area (Å²) in [5.74, 6) is 0.881. The lowest BCUT2D eigenvalue weighted by atomic mass is 9.97. The van der Waals surface area contributed by atoms with Gasteiger partial charge >= 0.3 is 5.97 Å². The summed E-state index contributed by atoms with van der Waals surface area (Å²) in [6, 6.07) is 0. The van der Waals surface area contributed by atoms with Crippen LogP contribution in [-0.4, -0.2) is 74.8 Å². The van der Waals surface area contributed by atoms with Crippen LogP contribution in [0.4, 0.5) is 0 Å². The second-order valence-corrected chi connectivity index (χ2v) is 7.46. The molecule has 0 spiro atoms. The zero-order valence-corrected chi connectivity index (χ0v) is 15.3. The third kappa shape index (κ3) is 4.76. The van der Waals surface area contributed by atoms with Crippen molar-refractivity contribution in [1.29, 1.82) is 0 Å². The minimum Gasteiger partial charge on any atom is -0.469 e. The van der Waals surface area contributed by atoms with Gasteiger partial charge in [0.05, 0.1) is 13.0 Å². The topological polar surface area (TPSA) is 63.2 Å². The van der Waals surface area contributed by atoms with Crippen LogP contribution >= 0.6 is 11.8 Å². The van der Waals surface area contributed by atoms with E-state index >= 15 is 0 Å². The predicted molar refractivity (Wildman–Crippen MR) is 94.0 cm³/mol. The number of ether oxygens (including phenoxy) is 2. The van der Waals surface area contributed by atoms with Crippen LogP contribution in [0.5, 0.6) is 0 Å². The molecule has 2 fully saturated rings. The Kier molecular flexibility index (Phi) is 7.02. The molecule has 0 amide bonds. The van der Waals surface area contributed by atoms with Gasteiger partial charge in [0.15, 0.2) is 5.96 Å². The maximum Gasteiger partial charge on any atom is 0.308 e. The first-order chi connectivity index (χ1) is 11.1. The standard InChI is InChI=1S/C16H29N3O3S/c1-17-15(18-12-16(23-3)6-10-22-11-7-16)19-8-4-13(5-9-19)14(20)21-2/h13H,4-12H2,1-3H3,(H,17,18). The maximum absolute atomic E-state index is 11.6. The molecular formula is C16H29N3O3S. The number of methoxy groups -OCH3 is 1. The molecule has 7 heteroatoms. The number of guanidine groups is 1. The van der Waals surface area contributed by atoms with E-state index in [9.17, 15) is 4.79 Å². The number of piperidine rings is 1. The molecule has 0 radical (unpaired) electrons. The maximum atomic E-state index is 11.6. The summed E-state index contributed by atoms with van der Waals surface area (Å²) in [5.41, 5.74) is 0. The van der Waals surface area contributed by atoms with Crippen LogP contribution in [0.1, 0.15) is 25.7 Å². The van der Waals surface area contributed by atoms with Gasteiger partial charge in [0.1, 0.15) is 0 Å². The van der Waals surface area contributed by atoms with Crippen LogP contribution in [0, 0.1) is 5.92 Å². The smallest absolute Gasteiger partial charge is 0.308 e. The third-order valence-electron chi connectivity index (χ3n) is 4.95. The highest BCUT2D eigenvalue weighted by molar-refractivity contribution is 8.00. The van der Waals surface area contributed by atoms with E-state index in [2.05, 4.69) is 21.5 Å². The van der Waals surface area contributed by atoms with Gasteiger partial charge < -0.3 is 19.7 Å². The van der Waals surface area contributed by atoms with Gasteiger partial charge in [-0.25, -0.2) is 0 Å². The van der Waals surface area contributed by atoms with E-state index in [-0.39, 0.29) is 16.6 Å². The van der Waals surface area contributed by atoms with Crippen molar-refractivity contribution in [3.05, 3.63) is 0 Å². The fraction of sp³-hybridized carbons (Fsp3) is 0.875. The summed E-state index contributed by atoms with van der Waals surface area (Å²) in [5, 5.41) is 3.54. The van der Waals surface area contributed by atoms with Crippen LogP contribution in [0.3, 0.4) is 0 Å². The molecule has 0 aliphatic carbocycles. The highest BCUT2D eigenvalue weighted by Gasteiger charge is 2.33. The zero-order valence-electron chi connectivity index (χ0n) is 14.5. The van der Waals surface area contributed by atoms with Crippen molar-refractivity contribution in [2.75, 3.05) is 53.3 Å². The molecule has 6 nitrogen and oxygen atoms in total. The van der Waals surface area contributed by atoms with E-state index < -0.39 is 0 Å². The van der Waals surface area contributed by atoms with Crippen LogP contribution in [0.25, 0.3) is 0 Å². The Morgan fingerprint density at radius 1 is 1.39 bits per heavy atom. The monoisotopic (exact) mass is 343 g/mol. The highest BCUT2D eigenvalue weighted by atomic mass is 32.2. The molecule has 1 N–H and O–H groups in total. The van der Waals surface area contributed by atoms with E-state index in [0.717, 1.165) is 64.5 Å². The van der Waals surface area contributed by atoms with Crippen LogP contribution in [0.2, 0.25) is 0 Å². The first-order valence-electron chi connectivity index (χ1n) is 8.30. The van der Waals surface area contributed by atoms with Gasteiger partial charge in [0.25, 0.3) is 0 Å². The van der Waals surface area contributed by atoms with Crippen molar-refractivity contribution in [2.45, 2.75) is 30.4 Å². The van der Waals surface area contributed by atoms with Crippen LogP contribution in [-0.2, 0) is 14.3 Å². The number of aliphatic imine (C=N–C) groups is 1. The number of esters is 1. The number of hydrogen-bond acceptors (Lipinski definition) is 5. The number of rotatable bonds is 4. The molecule has 2 saturated heterocycles. The third-order valence-corrected chi connectivity index (χ3v) is 6.37.